The summed E-state index contributed by atoms with van der Waals surface area (Å²) in [5.74, 6) is 0.156. The van der Waals surface area contributed by atoms with Crippen LogP contribution in [0.5, 0.6) is 5.75 Å². The van der Waals surface area contributed by atoms with E-state index in [9.17, 15) is 9.18 Å². The summed E-state index contributed by atoms with van der Waals surface area (Å²) in [5.41, 5.74) is 1.57. The van der Waals surface area contributed by atoms with Crippen LogP contribution in [0.4, 0.5) is 10.1 Å². The molecule has 1 heterocycles. The van der Waals surface area contributed by atoms with E-state index in [4.69, 9.17) is 9.47 Å². The van der Waals surface area contributed by atoms with Crippen molar-refractivity contribution in [2.24, 2.45) is 0 Å². The summed E-state index contributed by atoms with van der Waals surface area (Å²) in [4.78, 5) is 16.4. The van der Waals surface area contributed by atoms with Crippen molar-refractivity contribution in [3.05, 3.63) is 30.0 Å². The quantitative estimate of drug-likeness (QED) is 0.629. The molecule has 0 aliphatic heterocycles. The number of nitrogens with one attached hydrogen (secondary N) is 1. The summed E-state index contributed by atoms with van der Waals surface area (Å²) < 4.78 is 22.7. The van der Waals surface area contributed by atoms with Gasteiger partial charge in [0.05, 0.1) is 26.1 Å². The Bertz CT molecular complexity index is 661. The Morgan fingerprint density at radius 3 is 2.91 bits per heavy atom. The largest absolute Gasteiger partial charge is 0.494 e. The number of pyridine rings is 1. The van der Waals surface area contributed by atoms with E-state index in [2.05, 4.69) is 10.3 Å². The Morgan fingerprint density at radius 2 is 2.23 bits per heavy atom. The zero-order valence-electron chi connectivity index (χ0n) is 12.7. The van der Waals surface area contributed by atoms with Crippen LogP contribution < -0.4 is 10.1 Å². The molecule has 2 aromatic rings. The number of esters is 1. The minimum Gasteiger partial charge on any atom is -0.494 e. The van der Waals surface area contributed by atoms with Crippen molar-refractivity contribution in [3.63, 3.8) is 0 Å². The molecule has 0 fully saturated rings. The highest BCUT2D eigenvalue weighted by molar-refractivity contribution is 6.06. The van der Waals surface area contributed by atoms with E-state index in [1.165, 1.54) is 6.20 Å². The fourth-order valence-corrected chi connectivity index (χ4v) is 2.19. The second kappa shape index (κ2) is 7.59. The van der Waals surface area contributed by atoms with Crippen LogP contribution >= 0.6 is 0 Å². The van der Waals surface area contributed by atoms with Gasteiger partial charge in [-0.1, -0.05) is 12.1 Å². The number of aromatic nitrogens is 1. The fourth-order valence-electron chi connectivity index (χ4n) is 2.19. The SMILES string of the molecule is CCOC(=O)c1cnc2c(OC)cccc2c1NCCCF. The molecular weight excluding hydrogens is 287 g/mol. The lowest BCUT2D eigenvalue weighted by Gasteiger charge is -2.14. The van der Waals surface area contributed by atoms with Crippen molar-refractivity contribution >= 4 is 22.6 Å². The van der Waals surface area contributed by atoms with E-state index in [-0.39, 0.29) is 6.61 Å². The third kappa shape index (κ3) is 3.27. The van der Waals surface area contributed by atoms with Crippen molar-refractivity contribution in [1.29, 1.82) is 0 Å². The molecular formula is C16H19FN2O3. The summed E-state index contributed by atoms with van der Waals surface area (Å²) in [6.45, 7) is 2.01. The van der Waals surface area contributed by atoms with Gasteiger partial charge in [0.1, 0.15) is 16.8 Å². The van der Waals surface area contributed by atoms with Gasteiger partial charge in [-0.3, -0.25) is 9.37 Å². The lowest BCUT2D eigenvalue weighted by Crippen LogP contribution is -2.12. The molecule has 1 aromatic carbocycles. The zero-order chi connectivity index (χ0) is 15.9. The molecule has 0 amide bonds. The Hall–Kier alpha value is -2.37. The molecule has 1 aromatic heterocycles. The number of benzene rings is 1. The highest BCUT2D eigenvalue weighted by Crippen LogP contribution is 2.31. The first-order valence-corrected chi connectivity index (χ1v) is 7.15. The van der Waals surface area contributed by atoms with Gasteiger partial charge < -0.3 is 14.8 Å². The molecule has 2 rings (SSSR count). The Labute approximate surface area is 128 Å². The van der Waals surface area contributed by atoms with Gasteiger partial charge in [0.15, 0.2) is 0 Å². The minimum absolute atomic E-state index is 0.277. The second-order valence-electron chi connectivity index (χ2n) is 4.59. The molecule has 0 saturated carbocycles. The molecule has 5 nitrogen and oxygen atoms in total. The molecule has 0 aliphatic rings. The molecule has 0 radical (unpaired) electrons. The number of anilines is 1. The normalized spacial score (nSPS) is 10.5. The van der Waals surface area contributed by atoms with Crippen LogP contribution in [-0.4, -0.2) is 37.9 Å². The topological polar surface area (TPSA) is 60.5 Å². The van der Waals surface area contributed by atoms with Crippen LogP contribution in [0.1, 0.15) is 23.7 Å². The fraction of sp³-hybridized carbons (Fsp3) is 0.375. The number of carbonyl (C=O) groups excluding carboxylic acids is 1. The highest BCUT2D eigenvalue weighted by Gasteiger charge is 2.17. The van der Waals surface area contributed by atoms with Gasteiger partial charge >= 0.3 is 5.97 Å². The predicted molar refractivity (Wildman–Crippen MR) is 83.3 cm³/mol. The first kappa shape index (κ1) is 16.0. The Kier molecular flexibility index (Phi) is 5.52. The van der Waals surface area contributed by atoms with Crippen LogP contribution in [0.3, 0.4) is 0 Å². The highest BCUT2D eigenvalue weighted by atomic mass is 19.1. The Morgan fingerprint density at radius 1 is 1.41 bits per heavy atom. The van der Waals surface area contributed by atoms with Gasteiger partial charge in [-0.2, -0.15) is 0 Å². The smallest absolute Gasteiger partial charge is 0.341 e. The van der Waals surface area contributed by atoms with Crippen LogP contribution in [0.25, 0.3) is 10.9 Å². The number of rotatable bonds is 7. The van der Waals surface area contributed by atoms with Gasteiger partial charge in [0.2, 0.25) is 0 Å². The van der Waals surface area contributed by atoms with Crippen molar-refractivity contribution in [2.45, 2.75) is 13.3 Å². The van der Waals surface area contributed by atoms with Crippen LogP contribution in [0.2, 0.25) is 0 Å². The number of nitrogens with zero attached hydrogens (tertiary/aromatic N) is 1. The molecule has 0 aliphatic carbocycles. The van der Waals surface area contributed by atoms with E-state index in [1.54, 1.807) is 20.1 Å². The molecule has 0 saturated heterocycles. The van der Waals surface area contributed by atoms with Gasteiger partial charge in [0, 0.05) is 18.1 Å². The molecule has 0 atom stereocenters. The summed E-state index contributed by atoms with van der Waals surface area (Å²) >= 11 is 0. The lowest BCUT2D eigenvalue weighted by atomic mass is 10.1. The van der Waals surface area contributed by atoms with Crippen LogP contribution in [-0.2, 0) is 4.74 Å². The molecule has 1 N–H and O–H groups in total. The number of para-hydroxylation sites is 1. The molecule has 118 valence electrons. The monoisotopic (exact) mass is 306 g/mol. The first-order chi connectivity index (χ1) is 10.7. The second-order valence-corrected chi connectivity index (χ2v) is 4.59. The maximum Gasteiger partial charge on any atom is 0.341 e. The number of halogens is 1. The maximum atomic E-state index is 12.3. The van der Waals surface area contributed by atoms with Crippen molar-refractivity contribution in [1.82, 2.24) is 4.98 Å². The van der Waals surface area contributed by atoms with Gasteiger partial charge in [0.25, 0.3) is 0 Å². The lowest BCUT2D eigenvalue weighted by molar-refractivity contribution is 0.0527. The first-order valence-electron chi connectivity index (χ1n) is 7.15. The van der Waals surface area contributed by atoms with Gasteiger partial charge in [-0.25, -0.2) is 4.79 Å². The van der Waals surface area contributed by atoms with E-state index in [0.29, 0.717) is 35.5 Å². The number of alkyl halides is 1. The average Bonchev–Trinajstić information content (AvgIpc) is 2.54. The summed E-state index contributed by atoms with van der Waals surface area (Å²) in [6, 6.07) is 5.45. The standard InChI is InChI=1S/C16H19FN2O3/c1-3-22-16(20)12-10-19-15-11(6-4-7-13(15)21-2)14(12)18-9-5-8-17/h4,6-7,10H,3,5,8-9H2,1-2H3,(H,18,19). The number of carbonyl (C=O) groups is 1. The third-order valence-corrected chi connectivity index (χ3v) is 3.19. The zero-order valence-corrected chi connectivity index (χ0v) is 12.7. The summed E-state index contributed by atoms with van der Waals surface area (Å²) in [7, 11) is 1.56. The maximum absolute atomic E-state index is 12.3. The number of methoxy groups -OCH3 is 1. The Balaban J connectivity index is 2.54. The molecule has 22 heavy (non-hydrogen) atoms. The van der Waals surface area contributed by atoms with Crippen LogP contribution in [0, 0.1) is 0 Å². The van der Waals surface area contributed by atoms with E-state index in [1.807, 2.05) is 12.1 Å². The number of fused-ring (bicyclic) bond motifs is 1. The van der Waals surface area contributed by atoms with E-state index < -0.39 is 12.6 Å². The molecule has 0 bridgehead atoms. The minimum atomic E-state index is -0.456. The van der Waals surface area contributed by atoms with E-state index >= 15 is 0 Å². The van der Waals surface area contributed by atoms with E-state index in [0.717, 1.165) is 5.39 Å². The van der Waals surface area contributed by atoms with Crippen molar-refractivity contribution in [3.8, 4) is 5.75 Å². The number of hydrogen-bond donors (Lipinski definition) is 1. The number of ether oxygens (including phenoxy) is 2. The average molecular weight is 306 g/mol. The molecule has 0 spiro atoms. The van der Waals surface area contributed by atoms with Gasteiger partial charge in [-0.05, 0) is 19.4 Å². The molecule has 6 heteroatoms. The molecule has 0 unspecified atom stereocenters. The predicted octanol–water partition coefficient (Wildman–Crippen LogP) is 3.19. The number of hydrogen-bond acceptors (Lipinski definition) is 5. The van der Waals surface area contributed by atoms with Crippen molar-refractivity contribution in [2.75, 3.05) is 32.3 Å². The summed E-state index contributed by atoms with van der Waals surface area (Å²) in [5, 5.41) is 3.85. The van der Waals surface area contributed by atoms with Crippen molar-refractivity contribution < 1.29 is 18.7 Å². The third-order valence-electron chi connectivity index (χ3n) is 3.19. The van der Waals surface area contributed by atoms with Gasteiger partial charge in [-0.15, -0.1) is 0 Å². The van der Waals surface area contributed by atoms with Crippen LogP contribution in [0.15, 0.2) is 24.4 Å². The summed E-state index contributed by atoms with van der Waals surface area (Å²) in [6.07, 6.45) is 1.82.